The van der Waals surface area contributed by atoms with Gasteiger partial charge in [0.15, 0.2) is 5.78 Å². The predicted molar refractivity (Wildman–Crippen MR) is 83.2 cm³/mol. The van der Waals surface area contributed by atoms with E-state index in [2.05, 4.69) is 0 Å². The van der Waals surface area contributed by atoms with Gasteiger partial charge in [-0.25, -0.2) is 0 Å². The molecule has 0 amide bonds. The average Bonchev–Trinajstić information content (AvgIpc) is 2.64. The molecule has 116 valence electrons. The van der Waals surface area contributed by atoms with Crippen LogP contribution in [-0.2, 0) is 14.3 Å². The van der Waals surface area contributed by atoms with E-state index in [1.54, 1.807) is 0 Å². The van der Waals surface area contributed by atoms with Gasteiger partial charge in [0.05, 0.1) is 17.1 Å². The first-order valence-electron chi connectivity index (χ1n) is 7.67. The van der Waals surface area contributed by atoms with Gasteiger partial charge in [0.2, 0.25) is 0 Å². The van der Waals surface area contributed by atoms with Crippen molar-refractivity contribution in [3.8, 4) is 0 Å². The van der Waals surface area contributed by atoms with Crippen molar-refractivity contribution < 1.29 is 14.3 Å². The van der Waals surface area contributed by atoms with Crippen molar-refractivity contribution in [3.63, 3.8) is 0 Å². The van der Waals surface area contributed by atoms with Crippen LogP contribution in [-0.4, -0.2) is 23.6 Å². The molecule has 0 bridgehead atoms. The molecule has 3 nitrogen and oxygen atoms in total. The molecule has 1 saturated heterocycles. The Morgan fingerprint density at radius 1 is 1.29 bits per heavy atom. The van der Waals surface area contributed by atoms with Crippen LogP contribution in [0, 0.1) is 5.92 Å². The van der Waals surface area contributed by atoms with E-state index in [-0.39, 0.29) is 17.3 Å². The number of ether oxygens (including phenoxy) is 2. The monoisotopic (exact) mass is 290 g/mol. The van der Waals surface area contributed by atoms with Crippen LogP contribution in [0.4, 0.5) is 0 Å². The number of hydrogen-bond donors (Lipinski definition) is 0. The van der Waals surface area contributed by atoms with E-state index < -0.39 is 11.7 Å². The summed E-state index contributed by atoms with van der Waals surface area (Å²) in [6.45, 7) is 10.5. The van der Waals surface area contributed by atoms with Crippen molar-refractivity contribution in [1.82, 2.24) is 0 Å². The Labute approximate surface area is 127 Å². The van der Waals surface area contributed by atoms with Gasteiger partial charge in [0.25, 0.3) is 0 Å². The number of ketones is 1. The van der Waals surface area contributed by atoms with Crippen LogP contribution in [0.25, 0.3) is 0 Å². The van der Waals surface area contributed by atoms with Gasteiger partial charge in [0.1, 0.15) is 6.10 Å². The Hall–Kier alpha value is -1.19. The lowest BCUT2D eigenvalue weighted by Crippen LogP contribution is -2.37. The molecule has 2 rings (SSSR count). The summed E-state index contributed by atoms with van der Waals surface area (Å²) in [5.74, 6) is -0.0251. The van der Waals surface area contributed by atoms with Gasteiger partial charge in [-0.2, -0.15) is 0 Å². The molecule has 0 aromatic heterocycles. The molecule has 1 fully saturated rings. The third-order valence-electron chi connectivity index (χ3n) is 4.11. The summed E-state index contributed by atoms with van der Waals surface area (Å²) >= 11 is 0. The maximum absolute atomic E-state index is 13.0. The average molecular weight is 290 g/mol. The highest BCUT2D eigenvalue weighted by Crippen LogP contribution is 2.44. The fraction of sp³-hybridized carbons (Fsp3) is 0.611. The summed E-state index contributed by atoms with van der Waals surface area (Å²) in [4.78, 5) is 13.0. The topological polar surface area (TPSA) is 35.5 Å². The largest absolute Gasteiger partial charge is 0.369 e. The highest BCUT2D eigenvalue weighted by atomic mass is 16.5. The second-order valence-corrected chi connectivity index (χ2v) is 6.87. The zero-order valence-electron chi connectivity index (χ0n) is 13.7. The summed E-state index contributed by atoms with van der Waals surface area (Å²) < 4.78 is 11.8. The summed E-state index contributed by atoms with van der Waals surface area (Å²) in [6, 6.07) is 9.73. The fourth-order valence-corrected chi connectivity index (χ4v) is 3.33. The van der Waals surface area contributed by atoms with E-state index in [1.807, 2.05) is 65.0 Å². The normalized spacial score (nSPS) is 24.7. The van der Waals surface area contributed by atoms with Crippen molar-refractivity contribution >= 4 is 5.78 Å². The van der Waals surface area contributed by atoms with Gasteiger partial charge in [-0.15, -0.1) is 0 Å². The zero-order chi connectivity index (χ0) is 15.7. The first-order valence-corrected chi connectivity index (χ1v) is 7.67. The molecule has 3 heteroatoms. The number of carbonyl (C=O) groups excluding carboxylic acids is 1. The Morgan fingerprint density at radius 2 is 1.90 bits per heavy atom. The highest BCUT2D eigenvalue weighted by molar-refractivity contribution is 5.88. The maximum Gasteiger partial charge on any atom is 0.172 e. The lowest BCUT2D eigenvalue weighted by atomic mass is 9.81. The molecule has 1 heterocycles. The van der Waals surface area contributed by atoms with Crippen molar-refractivity contribution in [1.29, 1.82) is 0 Å². The van der Waals surface area contributed by atoms with Crippen molar-refractivity contribution in [2.75, 3.05) is 6.61 Å². The molecule has 0 spiro atoms. The van der Waals surface area contributed by atoms with Gasteiger partial charge in [-0.3, -0.25) is 4.79 Å². The minimum Gasteiger partial charge on any atom is -0.369 e. The third kappa shape index (κ3) is 3.53. The lowest BCUT2D eigenvalue weighted by Gasteiger charge is -2.29. The summed E-state index contributed by atoms with van der Waals surface area (Å²) in [5.41, 5.74) is 0.201. The molecule has 0 aliphatic carbocycles. The Morgan fingerprint density at radius 3 is 2.38 bits per heavy atom. The van der Waals surface area contributed by atoms with Crippen molar-refractivity contribution in [3.05, 3.63) is 35.9 Å². The molecule has 1 aromatic rings. The number of carbonyl (C=O) groups is 1. The third-order valence-corrected chi connectivity index (χ3v) is 4.11. The van der Waals surface area contributed by atoms with E-state index in [1.165, 1.54) is 0 Å². The Kier molecular flexibility index (Phi) is 4.54. The Balaban J connectivity index is 2.27. The minimum absolute atomic E-state index is 0.124. The van der Waals surface area contributed by atoms with Crippen LogP contribution >= 0.6 is 0 Å². The fourth-order valence-electron chi connectivity index (χ4n) is 3.33. The molecule has 1 aliphatic rings. The van der Waals surface area contributed by atoms with E-state index >= 15 is 0 Å². The summed E-state index contributed by atoms with van der Waals surface area (Å²) in [5, 5.41) is 0. The summed E-state index contributed by atoms with van der Waals surface area (Å²) in [6.07, 6.45) is 0.230. The molecular formula is C18H26O3. The second-order valence-electron chi connectivity index (χ2n) is 6.87. The number of benzene rings is 1. The molecule has 0 saturated carbocycles. The maximum atomic E-state index is 13.0. The van der Waals surface area contributed by atoms with E-state index in [4.69, 9.17) is 9.47 Å². The van der Waals surface area contributed by atoms with Crippen LogP contribution in [0.5, 0.6) is 0 Å². The van der Waals surface area contributed by atoms with Gasteiger partial charge >= 0.3 is 0 Å². The smallest absolute Gasteiger partial charge is 0.172 e. The van der Waals surface area contributed by atoms with Crippen molar-refractivity contribution in [2.24, 2.45) is 5.92 Å². The molecule has 2 unspecified atom stereocenters. The quantitative estimate of drug-likeness (QED) is 0.824. The molecule has 2 atom stereocenters. The van der Waals surface area contributed by atoms with E-state index in [0.717, 1.165) is 12.0 Å². The first-order chi connectivity index (χ1) is 9.77. The summed E-state index contributed by atoms with van der Waals surface area (Å²) in [7, 11) is 0. The number of hydrogen-bond acceptors (Lipinski definition) is 3. The molecule has 0 N–H and O–H groups in total. The van der Waals surface area contributed by atoms with Crippen LogP contribution in [0.1, 0.15) is 52.7 Å². The van der Waals surface area contributed by atoms with Crippen LogP contribution in [0.3, 0.4) is 0 Å². The Bertz CT molecular complexity index is 490. The lowest BCUT2D eigenvalue weighted by molar-refractivity contribution is -0.141. The van der Waals surface area contributed by atoms with E-state index in [0.29, 0.717) is 6.61 Å². The van der Waals surface area contributed by atoms with Gasteiger partial charge < -0.3 is 9.47 Å². The minimum atomic E-state index is -0.502. The van der Waals surface area contributed by atoms with Crippen LogP contribution < -0.4 is 0 Å². The number of Topliss-reactive ketones (excluding diaryl/α,β-unsaturated/α-hetero) is 1. The SMILES string of the molecule is CCOC(C(=O)C1CC(C)(C)OC1(C)C)c1ccccc1. The van der Waals surface area contributed by atoms with Crippen molar-refractivity contribution in [2.45, 2.75) is 58.3 Å². The van der Waals surface area contributed by atoms with Gasteiger partial charge in [-0.05, 0) is 46.6 Å². The van der Waals surface area contributed by atoms with E-state index in [9.17, 15) is 4.79 Å². The van der Waals surface area contributed by atoms with Crippen LogP contribution in [0.2, 0.25) is 0 Å². The molecule has 21 heavy (non-hydrogen) atoms. The number of rotatable bonds is 5. The molecular weight excluding hydrogens is 264 g/mol. The second kappa shape index (κ2) is 5.90. The molecule has 0 radical (unpaired) electrons. The standard InChI is InChI=1S/C18H26O3/c1-6-20-16(13-10-8-7-9-11-13)15(19)14-12-17(2,3)21-18(14,4)5/h7-11,14,16H,6,12H2,1-5H3. The highest BCUT2D eigenvalue weighted by Gasteiger charge is 2.50. The first kappa shape index (κ1) is 16.2. The van der Waals surface area contributed by atoms with Gasteiger partial charge in [0, 0.05) is 6.61 Å². The zero-order valence-corrected chi connectivity index (χ0v) is 13.7. The molecule has 1 aliphatic heterocycles. The van der Waals surface area contributed by atoms with Crippen LogP contribution in [0.15, 0.2) is 30.3 Å². The van der Waals surface area contributed by atoms with Gasteiger partial charge in [-0.1, -0.05) is 30.3 Å². The molecule has 1 aromatic carbocycles. The predicted octanol–water partition coefficient (Wildman–Crippen LogP) is 3.93.